The minimum Gasteiger partial charge on any atom is -0.459 e. The lowest BCUT2D eigenvalue weighted by Gasteiger charge is -2.23. The number of nitrogens with zero attached hydrogens (tertiary/aromatic N) is 1. The van der Waals surface area contributed by atoms with Gasteiger partial charge >= 0.3 is 11.9 Å². The molecule has 0 saturated carbocycles. The molecular formula is C14H20N2O5. The average Bonchev–Trinajstić information content (AvgIpc) is 2.47. The maximum Gasteiger partial charge on any atom is 0.397 e. The second-order valence-electron chi connectivity index (χ2n) is 4.16. The zero-order valence-electron chi connectivity index (χ0n) is 11.9. The van der Waals surface area contributed by atoms with Gasteiger partial charge in [0.25, 0.3) is 0 Å². The highest BCUT2D eigenvalue weighted by Crippen LogP contribution is 2.19. The van der Waals surface area contributed by atoms with Crippen molar-refractivity contribution in [2.24, 2.45) is 0 Å². The molecule has 0 bridgehead atoms. The van der Waals surface area contributed by atoms with Crippen molar-refractivity contribution in [1.29, 1.82) is 0 Å². The number of aliphatic hydroxyl groups is 2. The summed E-state index contributed by atoms with van der Waals surface area (Å²) in [5.41, 5.74) is 1.16. The molecule has 0 aliphatic rings. The Bertz CT molecular complexity index is 472. The van der Waals surface area contributed by atoms with Gasteiger partial charge in [0.2, 0.25) is 0 Å². The lowest BCUT2D eigenvalue weighted by molar-refractivity contribution is -0.152. The third-order valence-corrected chi connectivity index (χ3v) is 2.67. The van der Waals surface area contributed by atoms with Crippen LogP contribution in [-0.2, 0) is 14.3 Å². The Morgan fingerprint density at radius 3 is 2.48 bits per heavy atom. The van der Waals surface area contributed by atoms with Gasteiger partial charge in [0.15, 0.2) is 0 Å². The van der Waals surface area contributed by atoms with E-state index in [9.17, 15) is 9.59 Å². The number of esters is 1. The molecule has 0 atom stereocenters. The highest BCUT2D eigenvalue weighted by molar-refractivity contribution is 6.37. The smallest absolute Gasteiger partial charge is 0.397 e. The first-order valence-corrected chi connectivity index (χ1v) is 6.67. The van der Waals surface area contributed by atoms with Gasteiger partial charge in [0.1, 0.15) is 0 Å². The second-order valence-corrected chi connectivity index (χ2v) is 4.16. The van der Waals surface area contributed by atoms with E-state index in [-0.39, 0.29) is 19.8 Å². The predicted molar refractivity (Wildman–Crippen MR) is 78.1 cm³/mol. The number of nitrogens with one attached hydrogen (secondary N) is 1. The van der Waals surface area contributed by atoms with Crippen LogP contribution in [0.1, 0.15) is 6.92 Å². The minimum atomic E-state index is -0.939. The fraction of sp³-hybridized carbons (Fsp3) is 0.429. The van der Waals surface area contributed by atoms with Crippen LogP contribution in [0.15, 0.2) is 24.3 Å². The maximum absolute atomic E-state index is 11.6. The lowest BCUT2D eigenvalue weighted by atomic mass is 10.2. The Hall–Kier alpha value is -2.12. The van der Waals surface area contributed by atoms with E-state index in [1.807, 2.05) is 0 Å². The Morgan fingerprint density at radius 2 is 1.90 bits per heavy atom. The number of carbonyl (C=O) groups excluding carboxylic acids is 2. The lowest BCUT2D eigenvalue weighted by Crippen LogP contribution is -2.30. The average molecular weight is 296 g/mol. The predicted octanol–water partition coefficient (Wildman–Crippen LogP) is -0.0208. The van der Waals surface area contributed by atoms with Crippen LogP contribution >= 0.6 is 0 Å². The molecule has 0 unspecified atom stereocenters. The fourth-order valence-corrected chi connectivity index (χ4v) is 1.77. The highest BCUT2D eigenvalue weighted by Gasteiger charge is 2.15. The van der Waals surface area contributed by atoms with E-state index < -0.39 is 11.9 Å². The first-order chi connectivity index (χ1) is 10.1. The summed E-state index contributed by atoms with van der Waals surface area (Å²) in [6, 6.07) is 6.78. The molecule has 116 valence electrons. The molecule has 0 radical (unpaired) electrons. The summed E-state index contributed by atoms with van der Waals surface area (Å²) in [5.74, 6) is -1.78. The van der Waals surface area contributed by atoms with Crippen molar-refractivity contribution in [2.75, 3.05) is 43.1 Å². The first kappa shape index (κ1) is 16.9. The number of amides is 1. The van der Waals surface area contributed by atoms with E-state index >= 15 is 0 Å². The van der Waals surface area contributed by atoms with Gasteiger partial charge in [-0.25, -0.2) is 4.79 Å². The quantitative estimate of drug-likeness (QED) is 0.483. The molecule has 0 heterocycles. The zero-order valence-corrected chi connectivity index (χ0v) is 11.9. The standard InChI is InChI=1S/C14H20N2O5/c1-2-21-14(20)13(19)15-11-4-3-5-12(10-11)16(6-8-17)7-9-18/h3-5,10,17-18H,2,6-9H2,1H3,(H,15,19). The molecule has 1 aromatic rings. The van der Waals surface area contributed by atoms with Crippen molar-refractivity contribution in [3.05, 3.63) is 24.3 Å². The van der Waals surface area contributed by atoms with E-state index in [0.29, 0.717) is 18.8 Å². The molecule has 0 aliphatic heterocycles. The van der Waals surface area contributed by atoms with Gasteiger partial charge in [-0.3, -0.25) is 4.79 Å². The third-order valence-electron chi connectivity index (χ3n) is 2.67. The number of rotatable bonds is 7. The molecular weight excluding hydrogens is 276 g/mol. The Morgan fingerprint density at radius 1 is 1.24 bits per heavy atom. The maximum atomic E-state index is 11.6. The SMILES string of the molecule is CCOC(=O)C(=O)Nc1cccc(N(CCO)CCO)c1. The highest BCUT2D eigenvalue weighted by atomic mass is 16.5. The Kier molecular flexibility index (Phi) is 7.20. The van der Waals surface area contributed by atoms with Crippen LogP contribution in [0.3, 0.4) is 0 Å². The van der Waals surface area contributed by atoms with Crippen LogP contribution in [0, 0.1) is 0 Å². The second kappa shape index (κ2) is 8.93. The van der Waals surface area contributed by atoms with Gasteiger partial charge in [-0.15, -0.1) is 0 Å². The molecule has 0 aromatic heterocycles. The third kappa shape index (κ3) is 5.41. The number of hydrogen-bond donors (Lipinski definition) is 3. The molecule has 0 saturated heterocycles. The van der Waals surface area contributed by atoms with Crippen molar-refractivity contribution in [1.82, 2.24) is 0 Å². The summed E-state index contributed by atoms with van der Waals surface area (Å²) in [4.78, 5) is 24.6. The number of anilines is 2. The Balaban J connectivity index is 2.79. The number of ether oxygens (including phenoxy) is 1. The number of hydrogen-bond acceptors (Lipinski definition) is 6. The molecule has 0 fully saturated rings. The molecule has 3 N–H and O–H groups in total. The van der Waals surface area contributed by atoms with E-state index in [1.165, 1.54) is 0 Å². The van der Waals surface area contributed by atoms with Gasteiger partial charge in [0.05, 0.1) is 19.8 Å². The van der Waals surface area contributed by atoms with Gasteiger partial charge in [0, 0.05) is 24.5 Å². The van der Waals surface area contributed by atoms with E-state index in [2.05, 4.69) is 10.1 Å². The van der Waals surface area contributed by atoms with Crippen molar-refractivity contribution in [3.63, 3.8) is 0 Å². The Labute approximate surface area is 123 Å². The van der Waals surface area contributed by atoms with Gasteiger partial charge in [-0.1, -0.05) is 6.07 Å². The van der Waals surface area contributed by atoms with Crippen molar-refractivity contribution in [2.45, 2.75) is 6.92 Å². The summed E-state index contributed by atoms with van der Waals surface area (Å²) >= 11 is 0. The monoisotopic (exact) mass is 296 g/mol. The zero-order chi connectivity index (χ0) is 15.7. The number of benzene rings is 1. The van der Waals surface area contributed by atoms with Gasteiger partial charge in [-0.2, -0.15) is 0 Å². The van der Waals surface area contributed by atoms with E-state index in [4.69, 9.17) is 10.2 Å². The fourth-order valence-electron chi connectivity index (χ4n) is 1.77. The number of aliphatic hydroxyl groups excluding tert-OH is 2. The summed E-state index contributed by atoms with van der Waals surface area (Å²) in [6.45, 7) is 2.35. The van der Waals surface area contributed by atoms with Crippen molar-refractivity contribution < 1.29 is 24.5 Å². The largest absolute Gasteiger partial charge is 0.459 e. The van der Waals surface area contributed by atoms with E-state index in [1.54, 1.807) is 36.1 Å². The van der Waals surface area contributed by atoms with Gasteiger partial charge < -0.3 is 25.2 Å². The summed E-state index contributed by atoms with van der Waals surface area (Å²) in [6.07, 6.45) is 0. The molecule has 0 aliphatic carbocycles. The van der Waals surface area contributed by atoms with Crippen LogP contribution in [-0.4, -0.2) is 55.0 Å². The van der Waals surface area contributed by atoms with Crippen LogP contribution in [0.4, 0.5) is 11.4 Å². The van der Waals surface area contributed by atoms with Crippen molar-refractivity contribution >= 4 is 23.3 Å². The molecule has 1 aromatic carbocycles. The molecule has 1 rings (SSSR count). The summed E-state index contributed by atoms with van der Waals surface area (Å²) in [7, 11) is 0. The van der Waals surface area contributed by atoms with Crippen LogP contribution < -0.4 is 10.2 Å². The first-order valence-electron chi connectivity index (χ1n) is 6.67. The van der Waals surface area contributed by atoms with Gasteiger partial charge in [-0.05, 0) is 25.1 Å². The van der Waals surface area contributed by atoms with Crippen LogP contribution in [0.5, 0.6) is 0 Å². The molecule has 21 heavy (non-hydrogen) atoms. The van der Waals surface area contributed by atoms with Crippen molar-refractivity contribution in [3.8, 4) is 0 Å². The molecule has 7 nitrogen and oxygen atoms in total. The topological polar surface area (TPSA) is 99.1 Å². The normalized spacial score (nSPS) is 10.0. The van der Waals surface area contributed by atoms with Crippen LogP contribution in [0.2, 0.25) is 0 Å². The van der Waals surface area contributed by atoms with Crippen LogP contribution in [0.25, 0.3) is 0 Å². The van der Waals surface area contributed by atoms with E-state index in [0.717, 1.165) is 5.69 Å². The summed E-state index contributed by atoms with van der Waals surface area (Å²) in [5, 5.41) is 20.5. The molecule has 1 amide bonds. The minimum absolute atomic E-state index is 0.0561. The molecule has 7 heteroatoms. The molecule has 0 spiro atoms. The number of carbonyl (C=O) groups is 2. The summed E-state index contributed by atoms with van der Waals surface area (Å²) < 4.78 is 4.60.